The summed E-state index contributed by atoms with van der Waals surface area (Å²) in [5.41, 5.74) is 4.38. The largest absolute Gasteiger partial charge is 0.377 e. The van der Waals surface area contributed by atoms with Crippen molar-refractivity contribution < 1.29 is 13.2 Å². The Kier molecular flexibility index (Phi) is 7.16. The van der Waals surface area contributed by atoms with E-state index in [1.54, 1.807) is 32.1 Å². The molecule has 0 heterocycles. The van der Waals surface area contributed by atoms with Crippen LogP contribution in [0.2, 0.25) is 5.02 Å². The molecular weight excluding hydrogens is 444 g/mol. The van der Waals surface area contributed by atoms with Crippen molar-refractivity contribution in [2.24, 2.45) is 0 Å². The standard InChI is InChI=1S/C25H29ClN2O3S/c1-5-32(30,31)25(2)14-12-18(13-15-25)16-24(29)27-19-10-11-20(22(26)17-19)21-8-6-7-9-23(21)28(3)4/h6-14,17H,5,15-16H2,1-4H3,(H,27,29). The number of sulfone groups is 1. The van der Waals surface area contributed by atoms with Crippen LogP contribution in [0.4, 0.5) is 11.4 Å². The number of nitrogens with zero attached hydrogens (tertiary/aromatic N) is 1. The maximum atomic E-state index is 12.6. The van der Waals surface area contributed by atoms with E-state index in [-0.39, 0.29) is 18.1 Å². The number of para-hydroxylation sites is 1. The normalized spacial score (nSPS) is 18.2. The first-order chi connectivity index (χ1) is 15.1. The molecule has 1 amide bonds. The number of rotatable bonds is 7. The molecule has 0 radical (unpaired) electrons. The number of amides is 1. The Morgan fingerprint density at radius 2 is 1.88 bits per heavy atom. The van der Waals surface area contributed by atoms with Gasteiger partial charge in [0.2, 0.25) is 5.91 Å². The van der Waals surface area contributed by atoms with E-state index >= 15 is 0 Å². The third kappa shape index (κ3) is 5.08. The molecular formula is C25H29ClN2O3S. The monoisotopic (exact) mass is 472 g/mol. The van der Waals surface area contributed by atoms with Crippen molar-refractivity contribution in [2.45, 2.75) is 31.4 Å². The number of hydrogen-bond donors (Lipinski definition) is 1. The van der Waals surface area contributed by atoms with Crippen LogP contribution in [-0.4, -0.2) is 38.9 Å². The van der Waals surface area contributed by atoms with Gasteiger partial charge in [-0.25, -0.2) is 8.42 Å². The van der Waals surface area contributed by atoms with Gasteiger partial charge in [-0.3, -0.25) is 4.79 Å². The van der Waals surface area contributed by atoms with E-state index in [1.165, 1.54) is 0 Å². The molecule has 5 nitrogen and oxygen atoms in total. The predicted molar refractivity (Wildman–Crippen MR) is 134 cm³/mol. The number of carbonyl (C=O) groups excluding carboxylic acids is 1. The molecule has 0 fully saturated rings. The van der Waals surface area contributed by atoms with Crippen molar-refractivity contribution in [1.29, 1.82) is 0 Å². The predicted octanol–water partition coefficient (Wildman–Crippen LogP) is 5.48. The van der Waals surface area contributed by atoms with Crippen molar-refractivity contribution in [3.63, 3.8) is 0 Å². The highest BCUT2D eigenvalue weighted by molar-refractivity contribution is 7.92. The van der Waals surface area contributed by atoms with Crippen LogP contribution >= 0.6 is 11.6 Å². The van der Waals surface area contributed by atoms with Gasteiger partial charge in [0.1, 0.15) is 0 Å². The van der Waals surface area contributed by atoms with Gasteiger partial charge in [0.05, 0.1) is 16.2 Å². The van der Waals surface area contributed by atoms with Gasteiger partial charge in [0.25, 0.3) is 0 Å². The van der Waals surface area contributed by atoms with Crippen LogP contribution in [0.1, 0.15) is 26.7 Å². The summed E-state index contributed by atoms with van der Waals surface area (Å²) in [7, 11) is 0.753. The fourth-order valence-corrected chi connectivity index (χ4v) is 5.29. The summed E-state index contributed by atoms with van der Waals surface area (Å²) in [6.45, 7) is 3.37. The van der Waals surface area contributed by atoms with Crippen LogP contribution < -0.4 is 10.2 Å². The quantitative estimate of drug-likeness (QED) is 0.579. The van der Waals surface area contributed by atoms with Crippen LogP contribution in [0.5, 0.6) is 0 Å². The zero-order valence-electron chi connectivity index (χ0n) is 18.9. The van der Waals surface area contributed by atoms with Gasteiger partial charge in [-0.1, -0.05) is 61.0 Å². The summed E-state index contributed by atoms with van der Waals surface area (Å²) >= 11 is 6.55. The Labute approximate surface area is 195 Å². The lowest BCUT2D eigenvalue weighted by Gasteiger charge is -2.27. The van der Waals surface area contributed by atoms with E-state index < -0.39 is 14.6 Å². The topological polar surface area (TPSA) is 66.5 Å². The van der Waals surface area contributed by atoms with Crippen LogP contribution in [0, 0.1) is 0 Å². The third-order valence-corrected chi connectivity index (χ3v) is 8.60. The minimum atomic E-state index is -3.21. The minimum Gasteiger partial charge on any atom is -0.377 e. The van der Waals surface area contributed by atoms with Gasteiger partial charge in [-0.2, -0.15) is 0 Å². The SMILES string of the molecule is CCS(=O)(=O)C1(C)C=CC(CC(=O)Nc2ccc(-c3ccccc3N(C)C)c(Cl)c2)=CC1. The lowest BCUT2D eigenvalue weighted by molar-refractivity contribution is -0.115. The van der Waals surface area contributed by atoms with Crippen LogP contribution in [0.3, 0.4) is 0 Å². The zero-order valence-corrected chi connectivity index (χ0v) is 20.4. The number of anilines is 2. The summed E-state index contributed by atoms with van der Waals surface area (Å²) < 4.78 is 23.7. The van der Waals surface area contributed by atoms with Gasteiger partial charge in [-0.05, 0) is 37.1 Å². The molecule has 0 aliphatic heterocycles. The number of hydrogen-bond acceptors (Lipinski definition) is 4. The van der Waals surface area contributed by atoms with Gasteiger partial charge in [-0.15, -0.1) is 0 Å². The second-order valence-corrected chi connectivity index (χ2v) is 11.5. The third-order valence-electron chi connectivity index (χ3n) is 5.80. The fraction of sp³-hybridized carbons (Fsp3) is 0.320. The summed E-state index contributed by atoms with van der Waals surface area (Å²) in [6.07, 6.45) is 5.81. The molecule has 0 bridgehead atoms. The van der Waals surface area contributed by atoms with Gasteiger partial charge in [0.15, 0.2) is 9.84 Å². The van der Waals surface area contributed by atoms with Crippen LogP contribution in [-0.2, 0) is 14.6 Å². The molecule has 3 rings (SSSR count). The van der Waals surface area contributed by atoms with E-state index in [4.69, 9.17) is 11.6 Å². The van der Waals surface area contributed by atoms with Crippen molar-refractivity contribution >= 4 is 38.7 Å². The Bertz CT molecular complexity index is 1190. The zero-order chi connectivity index (χ0) is 23.5. The molecule has 1 aliphatic carbocycles. The van der Waals surface area contributed by atoms with E-state index in [2.05, 4.69) is 5.32 Å². The second-order valence-electron chi connectivity index (χ2n) is 8.36. The van der Waals surface area contributed by atoms with Gasteiger partial charge in [0, 0.05) is 42.3 Å². The lowest BCUT2D eigenvalue weighted by atomic mass is 9.96. The fourth-order valence-electron chi connectivity index (χ4n) is 3.74. The average Bonchev–Trinajstić information content (AvgIpc) is 2.75. The molecule has 1 unspecified atom stereocenters. The highest BCUT2D eigenvalue weighted by atomic mass is 35.5. The maximum absolute atomic E-state index is 12.6. The first-order valence-corrected chi connectivity index (χ1v) is 12.6. The Balaban J connectivity index is 1.69. The first-order valence-electron chi connectivity index (χ1n) is 10.5. The molecule has 1 N–H and O–H groups in total. The van der Waals surface area contributed by atoms with Crippen molar-refractivity contribution in [3.8, 4) is 11.1 Å². The molecule has 7 heteroatoms. The van der Waals surface area contributed by atoms with Crippen LogP contribution in [0.25, 0.3) is 11.1 Å². The Hall–Kier alpha value is -2.57. The molecule has 2 aromatic rings. The number of benzene rings is 2. The van der Waals surface area contributed by atoms with E-state index in [0.29, 0.717) is 17.1 Å². The highest BCUT2D eigenvalue weighted by Crippen LogP contribution is 2.36. The molecule has 2 aromatic carbocycles. The lowest BCUT2D eigenvalue weighted by Crippen LogP contribution is -2.35. The van der Waals surface area contributed by atoms with Crippen LogP contribution in [0.15, 0.2) is 66.3 Å². The molecule has 1 atom stereocenters. The summed E-state index contributed by atoms with van der Waals surface area (Å²) in [4.78, 5) is 14.6. The first kappa shape index (κ1) is 24.1. The summed E-state index contributed by atoms with van der Waals surface area (Å²) in [5, 5.41) is 3.43. The van der Waals surface area contributed by atoms with E-state index in [9.17, 15) is 13.2 Å². The maximum Gasteiger partial charge on any atom is 0.228 e. The molecule has 0 spiro atoms. The molecule has 1 aliphatic rings. The van der Waals surface area contributed by atoms with Gasteiger partial charge < -0.3 is 10.2 Å². The van der Waals surface area contributed by atoms with Crippen molar-refractivity contribution in [3.05, 3.63) is 71.3 Å². The Morgan fingerprint density at radius 1 is 1.16 bits per heavy atom. The number of halogens is 1. The summed E-state index contributed by atoms with van der Waals surface area (Å²) in [5.74, 6) is -0.0897. The molecule has 170 valence electrons. The van der Waals surface area contributed by atoms with E-state index in [1.807, 2.05) is 61.5 Å². The smallest absolute Gasteiger partial charge is 0.228 e. The molecule has 0 saturated carbocycles. The van der Waals surface area contributed by atoms with E-state index in [0.717, 1.165) is 22.4 Å². The minimum absolute atomic E-state index is 0.0905. The highest BCUT2D eigenvalue weighted by Gasteiger charge is 2.35. The number of carbonyl (C=O) groups is 1. The average molecular weight is 473 g/mol. The molecule has 0 saturated heterocycles. The summed E-state index contributed by atoms with van der Waals surface area (Å²) in [6, 6.07) is 13.5. The molecule has 32 heavy (non-hydrogen) atoms. The second kappa shape index (κ2) is 9.51. The molecule has 0 aromatic heterocycles. The van der Waals surface area contributed by atoms with Gasteiger partial charge >= 0.3 is 0 Å². The number of nitrogens with one attached hydrogen (secondary N) is 1. The Morgan fingerprint density at radius 3 is 2.47 bits per heavy atom. The van der Waals surface area contributed by atoms with Crippen molar-refractivity contribution in [2.75, 3.05) is 30.1 Å². The van der Waals surface area contributed by atoms with Crippen molar-refractivity contribution in [1.82, 2.24) is 0 Å². The number of allylic oxidation sites excluding steroid dienone is 2.